The maximum atomic E-state index is 13.1. The van der Waals surface area contributed by atoms with Gasteiger partial charge in [0, 0.05) is 17.7 Å². The summed E-state index contributed by atoms with van der Waals surface area (Å²) in [5.74, 6) is 0.740. The molecule has 0 saturated carbocycles. The van der Waals surface area contributed by atoms with Crippen LogP contribution in [0.25, 0.3) is 0 Å². The van der Waals surface area contributed by atoms with Crippen LogP contribution in [0.5, 0.6) is 11.5 Å². The first-order valence-electron chi connectivity index (χ1n) is 10.1. The number of fused-ring (bicyclic) bond motifs is 1. The van der Waals surface area contributed by atoms with Gasteiger partial charge in [0.1, 0.15) is 11.5 Å². The molecule has 0 saturated heterocycles. The number of carbonyl (C=O) groups is 1. The Balaban J connectivity index is 1.60. The molecule has 0 aliphatic carbocycles. The van der Waals surface area contributed by atoms with E-state index in [1.54, 1.807) is 0 Å². The number of anilines is 1. The zero-order valence-corrected chi connectivity index (χ0v) is 16.6. The highest BCUT2D eigenvalue weighted by atomic mass is 16.5. The predicted octanol–water partition coefficient (Wildman–Crippen LogP) is 3.57. The van der Waals surface area contributed by atoms with Crippen LogP contribution >= 0.6 is 0 Å². The highest BCUT2D eigenvalue weighted by Gasteiger charge is 2.44. The normalized spacial score (nSPS) is 22.1. The number of carbonyl (C=O) groups excluding carboxylic acids is 1. The van der Waals surface area contributed by atoms with E-state index in [4.69, 9.17) is 9.47 Å². The first kappa shape index (κ1) is 19.4. The third-order valence-corrected chi connectivity index (χ3v) is 5.56. The van der Waals surface area contributed by atoms with E-state index in [2.05, 4.69) is 5.32 Å². The van der Waals surface area contributed by atoms with Crippen LogP contribution in [-0.2, 0) is 9.53 Å². The summed E-state index contributed by atoms with van der Waals surface area (Å²) >= 11 is 0. The molecule has 2 aliphatic rings. The Labute approximate surface area is 179 Å². The Morgan fingerprint density at radius 3 is 2.35 bits per heavy atom. The van der Waals surface area contributed by atoms with Crippen molar-refractivity contribution in [3.63, 3.8) is 0 Å². The number of Topliss-reactive ketones (excluding diaryl/α,β-unsaturated/α-hetero) is 1. The van der Waals surface area contributed by atoms with Crippen LogP contribution in [0.15, 0.2) is 90.3 Å². The number of benzene rings is 3. The van der Waals surface area contributed by atoms with E-state index >= 15 is 0 Å². The van der Waals surface area contributed by atoms with Gasteiger partial charge in [-0.1, -0.05) is 54.6 Å². The van der Waals surface area contributed by atoms with E-state index in [9.17, 15) is 15.0 Å². The second kappa shape index (κ2) is 7.91. The summed E-state index contributed by atoms with van der Waals surface area (Å²) in [7, 11) is 0. The topological polar surface area (TPSA) is 88.0 Å². The molecule has 31 heavy (non-hydrogen) atoms. The number of para-hydroxylation sites is 1. The first-order valence-corrected chi connectivity index (χ1v) is 10.1. The van der Waals surface area contributed by atoms with Crippen molar-refractivity contribution in [3.8, 4) is 11.5 Å². The fraction of sp³-hybridized carbons (Fsp3) is 0.160. The third kappa shape index (κ3) is 3.46. The Morgan fingerprint density at radius 1 is 0.935 bits per heavy atom. The molecule has 0 bridgehead atoms. The molecule has 3 aromatic carbocycles. The van der Waals surface area contributed by atoms with Crippen molar-refractivity contribution < 1.29 is 24.5 Å². The molecule has 5 rings (SSSR count). The second-order valence-electron chi connectivity index (χ2n) is 7.52. The molecule has 0 unspecified atom stereocenters. The van der Waals surface area contributed by atoms with Gasteiger partial charge in [0.2, 0.25) is 0 Å². The highest BCUT2D eigenvalue weighted by Crippen LogP contribution is 2.46. The molecule has 0 radical (unpaired) electrons. The molecule has 6 heteroatoms. The molecule has 6 nitrogen and oxygen atoms in total. The summed E-state index contributed by atoms with van der Waals surface area (Å²) < 4.78 is 11.8. The van der Waals surface area contributed by atoms with Gasteiger partial charge in [0.15, 0.2) is 23.9 Å². The monoisotopic (exact) mass is 415 g/mol. The average molecular weight is 415 g/mol. The zero-order chi connectivity index (χ0) is 21.4. The predicted molar refractivity (Wildman–Crippen MR) is 115 cm³/mol. The average Bonchev–Trinajstić information content (AvgIpc) is 2.81. The van der Waals surface area contributed by atoms with Crippen LogP contribution in [0, 0.1) is 0 Å². The molecule has 0 fully saturated rings. The summed E-state index contributed by atoms with van der Waals surface area (Å²) in [6, 6.07) is 24.7. The van der Waals surface area contributed by atoms with Gasteiger partial charge in [0.25, 0.3) is 0 Å². The van der Waals surface area contributed by atoms with E-state index in [1.165, 1.54) is 0 Å². The Bertz CT molecular complexity index is 1140. The van der Waals surface area contributed by atoms with Gasteiger partial charge in [-0.05, 0) is 29.3 Å². The second-order valence-corrected chi connectivity index (χ2v) is 7.52. The minimum absolute atomic E-state index is 0.257. The molecule has 2 heterocycles. The number of aliphatic hydroxyl groups is 2. The lowest BCUT2D eigenvalue weighted by atomic mass is 9.78. The van der Waals surface area contributed by atoms with Gasteiger partial charge >= 0.3 is 0 Å². The fourth-order valence-corrected chi connectivity index (χ4v) is 4.08. The van der Waals surface area contributed by atoms with Crippen molar-refractivity contribution in [3.05, 3.63) is 101 Å². The Hall–Kier alpha value is -3.61. The molecule has 156 valence electrons. The molecule has 3 N–H and O–H groups in total. The van der Waals surface area contributed by atoms with E-state index < -0.39 is 30.5 Å². The Kier molecular flexibility index (Phi) is 4.94. The smallest absolute Gasteiger partial charge is 0.199 e. The molecule has 3 aromatic rings. The first-order chi connectivity index (χ1) is 15.2. The number of hydrogen-bond acceptors (Lipinski definition) is 6. The molecular weight excluding hydrogens is 394 g/mol. The minimum Gasteiger partial charge on any atom is -0.470 e. The van der Waals surface area contributed by atoms with Crippen molar-refractivity contribution in [1.29, 1.82) is 0 Å². The number of ketones is 1. The summed E-state index contributed by atoms with van der Waals surface area (Å²) in [4.78, 5) is 13.1. The molecule has 0 aromatic heterocycles. The zero-order valence-electron chi connectivity index (χ0n) is 16.6. The minimum atomic E-state index is -1.42. The summed E-state index contributed by atoms with van der Waals surface area (Å²) in [6.45, 7) is -0.467. The maximum Gasteiger partial charge on any atom is 0.199 e. The molecule has 2 aliphatic heterocycles. The van der Waals surface area contributed by atoms with E-state index in [1.807, 2.05) is 78.9 Å². The fourth-order valence-electron chi connectivity index (χ4n) is 4.08. The number of aliphatic hydroxyl groups excluding tert-OH is 2. The van der Waals surface area contributed by atoms with Crippen LogP contribution in [-0.4, -0.2) is 34.8 Å². The van der Waals surface area contributed by atoms with Crippen LogP contribution in [0.1, 0.15) is 17.0 Å². The number of rotatable bonds is 4. The molecular formula is C25H21NO5. The van der Waals surface area contributed by atoms with Gasteiger partial charge < -0.3 is 25.0 Å². The van der Waals surface area contributed by atoms with Crippen LogP contribution in [0.3, 0.4) is 0 Å². The SMILES string of the molecule is O=C1C2=C(Nc3cc(Oc4ccccc4)ccc3[C@@H]2c2ccccc2)O[C@H](CO)[C@H]1O. The largest absolute Gasteiger partial charge is 0.470 e. The van der Waals surface area contributed by atoms with Crippen molar-refractivity contribution in [2.75, 3.05) is 11.9 Å². The Morgan fingerprint density at radius 2 is 1.65 bits per heavy atom. The van der Waals surface area contributed by atoms with E-state index in [0.29, 0.717) is 17.1 Å². The lowest BCUT2D eigenvalue weighted by Gasteiger charge is -2.38. The van der Waals surface area contributed by atoms with Crippen molar-refractivity contribution in [1.82, 2.24) is 0 Å². The summed E-state index contributed by atoms with van der Waals surface area (Å²) in [6.07, 6.45) is -2.43. The van der Waals surface area contributed by atoms with Gasteiger partial charge in [-0.2, -0.15) is 0 Å². The van der Waals surface area contributed by atoms with Gasteiger partial charge in [-0.25, -0.2) is 0 Å². The van der Waals surface area contributed by atoms with Gasteiger partial charge in [0.05, 0.1) is 12.2 Å². The van der Waals surface area contributed by atoms with Crippen LogP contribution in [0.4, 0.5) is 5.69 Å². The number of hydrogen-bond donors (Lipinski definition) is 3. The van der Waals surface area contributed by atoms with E-state index in [-0.39, 0.29) is 5.88 Å². The number of nitrogens with one attached hydrogen (secondary N) is 1. The number of ether oxygens (including phenoxy) is 2. The molecule has 3 atom stereocenters. The van der Waals surface area contributed by atoms with Crippen molar-refractivity contribution in [2.45, 2.75) is 18.1 Å². The van der Waals surface area contributed by atoms with E-state index in [0.717, 1.165) is 16.8 Å². The van der Waals surface area contributed by atoms with Crippen LogP contribution in [0.2, 0.25) is 0 Å². The highest BCUT2D eigenvalue weighted by molar-refractivity contribution is 6.03. The standard InChI is InChI=1S/C25H21NO5/c27-14-20-23(28)24(29)22-21(15-7-3-1-4-8-15)18-12-11-17(13-19(18)26-25(22)31-20)30-16-9-5-2-6-10-16/h1-13,20-21,23,26-28H,14H2/t20-,21+,23-/m1/s1. The van der Waals surface area contributed by atoms with Gasteiger partial charge in [-0.15, -0.1) is 0 Å². The molecule has 0 amide bonds. The quantitative estimate of drug-likeness (QED) is 0.604. The van der Waals surface area contributed by atoms with Crippen molar-refractivity contribution in [2.24, 2.45) is 0 Å². The van der Waals surface area contributed by atoms with Crippen molar-refractivity contribution >= 4 is 11.5 Å². The summed E-state index contributed by atoms with van der Waals surface area (Å²) in [5, 5.41) is 23.1. The maximum absolute atomic E-state index is 13.1. The van der Waals surface area contributed by atoms with Gasteiger partial charge in [-0.3, -0.25) is 4.79 Å². The third-order valence-electron chi connectivity index (χ3n) is 5.56. The molecule has 0 spiro atoms. The lowest BCUT2D eigenvalue weighted by molar-refractivity contribution is -0.136. The van der Waals surface area contributed by atoms with Crippen LogP contribution < -0.4 is 10.1 Å². The lowest BCUT2D eigenvalue weighted by Crippen LogP contribution is -2.46. The summed E-state index contributed by atoms with van der Waals surface area (Å²) in [5.41, 5.74) is 2.87.